The molecule has 0 spiro atoms. The summed E-state index contributed by atoms with van der Waals surface area (Å²) in [5.41, 5.74) is 0. The summed E-state index contributed by atoms with van der Waals surface area (Å²) in [6, 6.07) is 0. The molecule has 0 radical (unpaired) electrons. The van der Waals surface area contributed by atoms with Crippen molar-refractivity contribution in [3.05, 3.63) is 16.6 Å². The maximum atomic E-state index is 11.5. The van der Waals surface area contributed by atoms with E-state index in [0.717, 1.165) is 0 Å². The third-order valence-corrected chi connectivity index (χ3v) is 2.80. The van der Waals surface area contributed by atoms with Crippen molar-refractivity contribution >= 4 is 23.3 Å². The van der Waals surface area contributed by atoms with Gasteiger partial charge in [0.05, 0.1) is 20.1 Å². The Morgan fingerprint density at radius 3 is 2.81 bits per heavy atom. The number of rotatable bonds is 5. The molecule has 88 valence electrons. The van der Waals surface area contributed by atoms with Gasteiger partial charge in [-0.15, -0.1) is 11.3 Å². The normalized spacial score (nSPS) is 11.9. The van der Waals surface area contributed by atoms with Gasteiger partial charge in [0.1, 0.15) is 10.9 Å². The number of methoxy groups -OCH3 is 1. The van der Waals surface area contributed by atoms with Crippen molar-refractivity contribution in [1.82, 2.24) is 4.98 Å². The van der Waals surface area contributed by atoms with E-state index in [-0.39, 0.29) is 6.42 Å². The molecule has 1 aromatic heterocycles. The largest absolute Gasteiger partial charge is 0.468 e. The second-order valence-electron chi connectivity index (χ2n) is 2.96. The van der Waals surface area contributed by atoms with Crippen LogP contribution in [-0.2, 0) is 19.1 Å². The van der Waals surface area contributed by atoms with Crippen molar-refractivity contribution in [3.8, 4) is 0 Å². The van der Waals surface area contributed by atoms with Crippen LogP contribution in [0.15, 0.2) is 11.6 Å². The van der Waals surface area contributed by atoms with Crippen LogP contribution in [0.2, 0.25) is 0 Å². The Hall–Kier alpha value is -1.43. The SMILES string of the molecule is CCOC(=O)CC(C(=O)OC)c1nccs1. The molecule has 1 aromatic rings. The van der Waals surface area contributed by atoms with E-state index in [1.807, 2.05) is 0 Å². The number of carbonyl (C=O) groups is 2. The van der Waals surface area contributed by atoms with Gasteiger partial charge in [-0.05, 0) is 6.92 Å². The first-order chi connectivity index (χ1) is 7.69. The second-order valence-corrected chi connectivity index (χ2v) is 3.88. The highest BCUT2D eigenvalue weighted by molar-refractivity contribution is 7.09. The van der Waals surface area contributed by atoms with Gasteiger partial charge in [-0.25, -0.2) is 4.98 Å². The summed E-state index contributed by atoms with van der Waals surface area (Å²) in [7, 11) is 1.29. The molecule has 16 heavy (non-hydrogen) atoms. The van der Waals surface area contributed by atoms with E-state index < -0.39 is 17.9 Å². The molecule has 0 aliphatic heterocycles. The molecular formula is C10H13NO4S. The molecule has 0 N–H and O–H groups in total. The smallest absolute Gasteiger partial charge is 0.316 e. The molecule has 0 aromatic carbocycles. The van der Waals surface area contributed by atoms with Gasteiger partial charge >= 0.3 is 11.9 Å². The van der Waals surface area contributed by atoms with Gasteiger partial charge in [-0.1, -0.05) is 0 Å². The highest BCUT2D eigenvalue weighted by Crippen LogP contribution is 2.23. The van der Waals surface area contributed by atoms with Gasteiger partial charge in [0.2, 0.25) is 0 Å². The summed E-state index contributed by atoms with van der Waals surface area (Å²) in [4.78, 5) is 26.8. The first-order valence-corrected chi connectivity index (χ1v) is 5.69. The molecule has 0 fully saturated rings. The maximum Gasteiger partial charge on any atom is 0.316 e. The fraction of sp³-hybridized carbons (Fsp3) is 0.500. The van der Waals surface area contributed by atoms with Crippen molar-refractivity contribution in [2.45, 2.75) is 19.3 Å². The summed E-state index contributed by atoms with van der Waals surface area (Å²) < 4.78 is 9.43. The Morgan fingerprint density at radius 2 is 2.31 bits per heavy atom. The number of carbonyl (C=O) groups excluding carboxylic acids is 2. The number of nitrogens with zero attached hydrogens (tertiary/aromatic N) is 1. The number of aromatic nitrogens is 1. The zero-order valence-corrected chi connectivity index (χ0v) is 9.95. The fourth-order valence-electron chi connectivity index (χ4n) is 1.21. The third-order valence-electron chi connectivity index (χ3n) is 1.91. The predicted octanol–water partition coefficient (Wildman–Crippen LogP) is 1.35. The molecular weight excluding hydrogens is 230 g/mol. The third kappa shape index (κ3) is 3.30. The van der Waals surface area contributed by atoms with E-state index >= 15 is 0 Å². The standard InChI is InChI=1S/C10H13NO4S/c1-3-15-8(12)6-7(10(13)14-2)9-11-4-5-16-9/h4-5,7H,3,6H2,1-2H3. The monoisotopic (exact) mass is 243 g/mol. The lowest BCUT2D eigenvalue weighted by molar-refractivity contribution is -0.150. The van der Waals surface area contributed by atoms with Crippen LogP contribution in [0.1, 0.15) is 24.3 Å². The van der Waals surface area contributed by atoms with Crippen molar-refractivity contribution in [3.63, 3.8) is 0 Å². The maximum absolute atomic E-state index is 11.5. The van der Waals surface area contributed by atoms with E-state index in [0.29, 0.717) is 11.6 Å². The Morgan fingerprint density at radius 1 is 1.56 bits per heavy atom. The van der Waals surface area contributed by atoms with E-state index in [1.165, 1.54) is 18.4 Å². The minimum Gasteiger partial charge on any atom is -0.468 e. The molecule has 1 heterocycles. The quantitative estimate of drug-likeness (QED) is 0.730. The highest BCUT2D eigenvalue weighted by atomic mass is 32.1. The number of esters is 2. The van der Waals surface area contributed by atoms with Crippen molar-refractivity contribution in [2.24, 2.45) is 0 Å². The van der Waals surface area contributed by atoms with Gasteiger partial charge in [-0.3, -0.25) is 9.59 Å². The molecule has 0 aliphatic carbocycles. The summed E-state index contributed by atoms with van der Waals surface area (Å²) in [6.07, 6.45) is 1.55. The van der Waals surface area contributed by atoms with Crippen molar-refractivity contribution < 1.29 is 19.1 Å². The highest BCUT2D eigenvalue weighted by Gasteiger charge is 2.27. The molecule has 0 bridgehead atoms. The lowest BCUT2D eigenvalue weighted by atomic mass is 10.1. The summed E-state index contributed by atoms with van der Waals surface area (Å²) in [6.45, 7) is 2.01. The van der Waals surface area contributed by atoms with Crippen LogP contribution in [0, 0.1) is 0 Å². The Balaban J connectivity index is 2.73. The Kier molecular flexibility index (Phi) is 4.91. The molecule has 1 rings (SSSR count). The molecule has 0 amide bonds. The number of thiazole rings is 1. The Labute approximate surface area is 97.4 Å². The van der Waals surface area contributed by atoms with Crippen LogP contribution in [0.3, 0.4) is 0 Å². The second kappa shape index (κ2) is 6.22. The lowest BCUT2D eigenvalue weighted by Crippen LogP contribution is -2.19. The van der Waals surface area contributed by atoms with Crippen LogP contribution in [0.4, 0.5) is 0 Å². The average molecular weight is 243 g/mol. The predicted molar refractivity (Wildman–Crippen MR) is 58.1 cm³/mol. The van der Waals surface area contributed by atoms with Crippen molar-refractivity contribution in [1.29, 1.82) is 0 Å². The number of hydrogen-bond donors (Lipinski definition) is 0. The van der Waals surface area contributed by atoms with Crippen LogP contribution in [-0.4, -0.2) is 30.6 Å². The number of ether oxygens (including phenoxy) is 2. The van der Waals surface area contributed by atoms with E-state index in [2.05, 4.69) is 9.72 Å². The summed E-state index contributed by atoms with van der Waals surface area (Å²) >= 11 is 1.32. The minimum absolute atomic E-state index is 0.0337. The van der Waals surface area contributed by atoms with Gasteiger partial charge in [0, 0.05) is 11.6 Å². The average Bonchev–Trinajstić information content (AvgIpc) is 2.78. The van der Waals surface area contributed by atoms with Gasteiger partial charge in [0.25, 0.3) is 0 Å². The molecule has 1 unspecified atom stereocenters. The first-order valence-electron chi connectivity index (χ1n) is 4.81. The van der Waals surface area contributed by atoms with Gasteiger partial charge < -0.3 is 9.47 Å². The van der Waals surface area contributed by atoms with E-state index in [1.54, 1.807) is 18.5 Å². The zero-order chi connectivity index (χ0) is 12.0. The molecule has 6 heteroatoms. The van der Waals surface area contributed by atoms with Crippen molar-refractivity contribution in [2.75, 3.05) is 13.7 Å². The number of hydrogen-bond acceptors (Lipinski definition) is 6. The van der Waals surface area contributed by atoms with E-state index in [4.69, 9.17) is 4.74 Å². The Bertz CT molecular complexity index is 350. The summed E-state index contributed by atoms with van der Waals surface area (Å²) in [5, 5.41) is 2.32. The molecule has 5 nitrogen and oxygen atoms in total. The first kappa shape index (κ1) is 12.6. The van der Waals surface area contributed by atoms with Crippen LogP contribution in [0.5, 0.6) is 0 Å². The van der Waals surface area contributed by atoms with E-state index in [9.17, 15) is 9.59 Å². The van der Waals surface area contributed by atoms with Crippen LogP contribution >= 0.6 is 11.3 Å². The molecule has 0 aliphatic rings. The fourth-order valence-corrected chi connectivity index (χ4v) is 1.93. The molecule has 1 atom stereocenters. The lowest BCUT2D eigenvalue weighted by Gasteiger charge is -2.10. The summed E-state index contributed by atoms with van der Waals surface area (Å²) in [5.74, 6) is -1.56. The zero-order valence-electron chi connectivity index (χ0n) is 9.13. The van der Waals surface area contributed by atoms with Gasteiger partial charge in [0.15, 0.2) is 0 Å². The van der Waals surface area contributed by atoms with Crippen LogP contribution in [0.25, 0.3) is 0 Å². The van der Waals surface area contributed by atoms with Gasteiger partial charge in [-0.2, -0.15) is 0 Å². The topological polar surface area (TPSA) is 65.5 Å². The van der Waals surface area contributed by atoms with Crippen LogP contribution < -0.4 is 0 Å². The minimum atomic E-state index is -0.663. The molecule has 0 saturated heterocycles. The molecule has 0 saturated carbocycles.